The second-order valence-corrected chi connectivity index (χ2v) is 9.05. The molecule has 0 aromatic heterocycles. The van der Waals surface area contributed by atoms with E-state index in [2.05, 4.69) is 24.1 Å². The van der Waals surface area contributed by atoms with Gasteiger partial charge in [-0.3, -0.25) is 9.59 Å². The van der Waals surface area contributed by atoms with E-state index in [1.165, 1.54) is 43.5 Å². The Balaban J connectivity index is 1.64. The average molecular weight is 408 g/mol. The third-order valence-corrected chi connectivity index (χ3v) is 7.03. The number of likely N-dealkylation sites (tertiary alicyclic amines) is 1. The van der Waals surface area contributed by atoms with Crippen LogP contribution in [-0.4, -0.2) is 65.0 Å². The minimum Gasteiger partial charge on any atom is -0.353 e. The zero-order valence-electron chi connectivity index (χ0n) is 16.7. The smallest absolute Gasteiger partial charge is 0.255 e. The van der Waals surface area contributed by atoms with Gasteiger partial charge in [-0.1, -0.05) is 20.3 Å². The summed E-state index contributed by atoms with van der Waals surface area (Å²) in [5.74, 6) is 0.133. The Bertz CT molecular complexity index is 677. The molecule has 0 aliphatic carbocycles. The van der Waals surface area contributed by atoms with Crippen LogP contribution in [0, 0.1) is 11.7 Å². The number of rotatable bonds is 6. The van der Waals surface area contributed by atoms with Crippen molar-refractivity contribution in [3.05, 3.63) is 35.6 Å². The topological polar surface area (TPSA) is 52.7 Å². The highest BCUT2D eigenvalue weighted by atomic mass is 32.2. The third kappa shape index (κ3) is 5.06. The molecule has 1 aromatic carbocycles. The normalized spacial score (nSPS) is 23.2. The lowest BCUT2D eigenvalue weighted by Gasteiger charge is -2.31. The van der Waals surface area contributed by atoms with Crippen LogP contribution in [0.15, 0.2) is 24.3 Å². The molecule has 0 radical (unpaired) electrons. The summed E-state index contributed by atoms with van der Waals surface area (Å²) < 4.78 is 13.2. The van der Waals surface area contributed by atoms with Crippen LogP contribution >= 0.6 is 11.8 Å². The molecule has 2 saturated heterocycles. The quantitative estimate of drug-likeness (QED) is 0.788. The second kappa shape index (κ2) is 9.74. The minimum absolute atomic E-state index is 0.0598. The average Bonchev–Trinajstić information content (AvgIpc) is 3.14. The van der Waals surface area contributed by atoms with Gasteiger partial charge in [0, 0.05) is 24.4 Å². The van der Waals surface area contributed by atoms with Crippen molar-refractivity contribution in [3.63, 3.8) is 0 Å². The number of thioether (sulfide) groups is 1. The first kappa shape index (κ1) is 21.1. The fraction of sp³-hybridized carbons (Fsp3) is 0.619. The van der Waals surface area contributed by atoms with Crippen molar-refractivity contribution in [1.82, 2.24) is 15.1 Å². The van der Waals surface area contributed by atoms with Crippen LogP contribution < -0.4 is 5.32 Å². The Kier molecular flexibility index (Phi) is 7.35. The van der Waals surface area contributed by atoms with Crippen molar-refractivity contribution in [2.24, 2.45) is 5.92 Å². The first-order valence-corrected chi connectivity index (χ1v) is 11.2. The first-order chi connectivity index (χ1) is 13.5. The molecule has 5 nitrogen and oxygen atoms in total. The predicted molar refractivity (Wildman–Crippen MR) is 111 cm³/mol. The van der Waals surface area contributed by atoms with Crippen molar-refractivity contribution in [3.8, 4) is 0 Å². The molecule has 2 amide bonds. The first-order valence-electron chi connectivity index (χ1n) is 10.2. The van der Waals surface area contributed by atoms with Crippen LogP contribution in [0.1, 0.15) is 43.5 Å². The van der Waals surface area contributed by atoms with Gasteiger partial charge < -0.3 is 15.1 Å². The van der Waals surface area contributed by atoms with Crippen LogP contribution in [0.2, 0.25) is 0 Å². The number of hydrogen-bond acceptors (Lipinski definition) is 4. The van der Waals surface area contributed by atoms with E-state index in [4.69, 9.17) is 0 Å². The van der Waals surface area contributed by atoms with E-state index >= 15 is 0 Å². The molecule has 0 unspecified atom stereocenters. The van der Waals surface area contributed by atoms with Crippen molar-refractivity contribution in [2.45, 2.75) is 44.5 Å². The Morgan fingerprint density at radius 3 is 2.50 bits per heavy atom. The standard InChI is InChI=1S/C21H30FN3O2S/c1-15(2)21-25(20(27)16-6-8-17(22)9-7-16)18(14-28-21)19(26)23-10-13-24-11-4-3-5-12-24/h6-9,15,18,21H,3-5,10-14H2,1-2H3,(H,23,26)/t18-,21-/m1/s1. The highest BCUT2D eigenvalue weighted by molar-refractivity contribution is 8.00. The van der Waals surface area contributed by atoms with Gasteiger partial charge in [-0.2, -0.15) is 0 Å². The van der Waals surface area contributed by atoms with Crippen molar-refractivity contribution < 1.29 is 14.0 Å². The van der Waals surface area contributed by atoms with E-state index < -0.39 is 6.04 Å². The maximum absolute atomic E-state index is 13.2. The largest absolute Gasteiger partial charge is 0.353 e. The van der Waals surface area contributed by atoms with Gasteiger partial charge in [-0.15, -0.1) is 11.8 Å². The van der Waals surface area contributed by atoms with Crippen LogP contribution in [0.4, 0.5) is 4.39 Å². The molecule has 1 aromatic rings. The molecule has 2 aliphatic rings. The van der Waals surface area contributed by atoms with Gasteiger partial charge in [0.2, 0.25) is 5.91 Å². The Morgan fingerprint density at radius 1 is 1.18 bits per heavy atom. The fourth-order valence-electron chi connectivity index (χ4n) is 3.88. The molecule has 0 bridgehead atoms. The molecular formula is C21H30FN3O2S. The van der Waals surface area contributed by atoms with Crippen LogP contribution in [-0.2, 0) is 4.79 Å². The summed E-state index contributed by atoms with van der Waals surface area (Å²) >= 11 is 1.64. The SMILES string of the molecule is CC(C)[C@H]1SC[C@H](C(=O)NCCN2CCCCC2)N1C(=O)c1ccc(F)cc1. The number of amides is 2. The molecule has 2 aliphatic heterocycles. The fourth-order valence-corrected chi connectivity index (χ4v) is 5.36. The van der Waals surface area contributed by atoms with Gasteiger partial charge in [-0.05, 0) is 56.1 Å². The maximum Gasteiger partial charge on any atom is 0.255 e. The van der Waals surface area contributed by atoms with Crippen LogP contribution in [0.3, 0.4) is 0 Å². The highest BCUT2D eigenvalue weighted by Crippen LogP contribution is 2.35. The molecule has 28 heavy (non-hydrogen) atoms. The van der Waals surface area contributed by atoms with E-state index in [1.807, 2.05) is 0 Å². The summed E-state index contributed by atoms with van der Waals surface area (Å²) in [5, 5.41) is 2.97. The number of nitrogens with one attached hydrogen (secondary N) is 1. The molecular weight excluding hydrogens is 377 g/mol. The molecule has 2 fully saturated rings. The molecule has 0 spiro atoms. The van der Waals surface area contributed by atoms with Gasteiger partial charge in [-0.25, -0.2) is 4.39 Å². The number of carbonyl (C=O) groups is 2. The zero-order chi connectivity index (χ0) is 20.1. The number of nitrogens with zero attached hydrogens (tertiary/aromatic N) is 2. The lowest BCUT2D eigenvalue weighted by molar-refractivity contribution is -0.125. The van der Waals surface area contributed by atoms with E-state index in [1.54, 1.807) is 16.7 Å². The summed E-state index contributed by atoms with van der Waals surface area (Å²) in [5.41, 5.74) is 0.417. The highest BCUT2D eigenvalue weighted by Gasteiger charge is 2.42. The van der Waals surface area contributed by atoms with Gasteiger partial charge >= 0.3 is 0 Å². The lowest BCUT2D eigenvalue weighted by atomic mass is 10.1. The monoisotopic (exact) mass is 407 g/mol. The van der Waals surface area contributed by atoms with Gasteiger partial charge in [0.15, 0.2) is 0 Å². The molecule has 2 atom stereocenters. The van der Waals surface area contributed by atoms with Crippen LogP contribution in [0.5, 0.6) is 0 Å². The molecule has 1 N–H and O–H groups in total. The second-order valence-electron chi connectivity index (χ2n) is 7.90. The summed E-state index contributed by atoms with van der Waals surface area (Å²) in [4.78, 5) is 30.0. The number of halogens is 1. The van der Waals surface area contributed by atoms with Gasteiger partial charge in [0.1, 0.15) is 11.9 Å². The van der Waals surface area contributed by atoms with Crippen molar-refractivity contribution in [2.75, 3.05) is 31.9 Å². The Labute approximate surface area is 171 Å². The van der Waals surface area contributed by atoms with E-state index in [0.717, 1.165) is 19.6 Å². The third-order valence-electron chi connectivity index (χ3n) is 5.41. The predicted octanol–water partition coefficient (Wildman–Crippen LogP) is 2.97. The number of hydrogen-bond donors (Lipinski definition) is 1. The van der Waals surface area contributed by atoms with E-state index in [0.29, 0.717) is 17.9 Å². The van der Waals surface area contributed by atoms with Gasteiger partial charge in [0.25, 0.3) is 5.91 Å². The molecule has 3 rings (SSSR count). The number of piperidine rings is 1. The summed E-state index contributed by atoms with van der Waals surface area (Å²) in [6, 6.07) is 5.06. The zero-order valence-corrected chi connectivity index (χ0v) is 17.5. The Morgan fingerprint density at radius 2 is 1.86 bits per heavy atom. The van der Waals surface area contributed by atoms with Crippen molar-refractivity contribution in [1.29, 1.82) is 0 Å². The van der Waals surface area contributed by atoms with Crippen LogP contribution in [0.25, 0.3) is 0 Å². The van der Waals surface area contributed by atoms with E-state index in [-0.39, 0.29) is 28.9 Å². The lowest BCUT2D eigenvalue weighted by Crippen LogP contribution is -2.51. The number of carbonyl (C=O) groups excluding carboxylic acids is 2. The summed E-state index contributed by atoms with van der Waals surface area (Å²) in [6.45, 7) is 7.76. The van der Waals surface area contributed by atoms with Crippen molar-refractivity contribution >= 4 is 23.6 Å². The minimum atomic E-state index is -0.490. The summed E-state index contributed by atoms with van der Waals surface area (Å²) in [7, 11) is 0. The molecule has 154 valence electrons. The molecule has 0 saturated carbocycles. The Hall–Kier alpha value is -1.60. The molecule has 2 heterocycles. The molecule has 7 heteroatoms. The van der Waals surface area contributed by atoms with E-state index in [9.17, 15) is 14.0 Å². The maximum atomic E-state index is 13.2. The number of benzene rings is 1. The van der Waals surface area contributed by atoms with Gasteiger partial charge in [0.05, 0.1) is 5.37 Å². The summed E-state index contributed by atoms with van der Waals surface area (Å²) in [6.07, 6.45) is 3.74.